The second-order valence-corrected chi connectivity index (χ2v) is 5.65. The second-order valence-electron chi connectivity index (χ2n) is 5.65. The molecular weight excluding hydrogens is 274 g/mol. The molecule has 0 fully saturated rings. The molecule has 0 spiro atoms. The van der Waals surface area contributed by atoms with E-state index in [1.807, 2.05) is 31.2 Å². The summed E-state index contributed by atoms with van der Waals surface area (Å²) < 4.78 is 0. The predicted molar refractivity (Wildman–Crippen MR) is 90.0 cm³/mol. The Morgan fingerprint density at radius 3 is 2.64 bits per heavy atom. The van der Waals surface area contributed by atoms with Crippen molar-refractivity contribution in [1.29, 1.82) is 0 Å². The Hall–Kier alpha value is -2.16. The van der Waals surface area contributed by atoms with Crippen molar-refractivity contribution in [3.8, 4) is 0 Å². The minimum atomic E-state index is -1.10. The highest BCUT2D eigenvalue weighted by molar-refractivity contribution is 6.22. The first kappa shape index (κ1) is 16.2. The lowest BCUT2D eigenvalue weighted by Crippen LogP contribution is -2.46. The molecule has 1 aromatic carbocycles. The number of amides is 1. The standard InChI is InChI=1S/C19H23NO2/c1-4-7-12-17(21)19(13-5-2)15-10-8-9-11-16(15)20(14-6-3)18(19)22/h5-6,8-11H,2-4,7,12-14H2,1H3. The molecular formula is C19H23NO2. The monoisotopic (exact) mass is 297 g/mol. The Morgan fingerprint density at radius 1 is 1.27 bits per heavy atom. The minimum Gasteiger partial charge on any atom is -0.307 e. The van der Waals surface area contributed by atoms with E-state index in [9.17, 15) is 9.59 Å². The molecule has 0 aliphatic carbocycles. The molecule has 0 saturated heterocycles. The SMILES string of the molecule is C=CCN1C(=O)C(CC=C)(C(=O)CCCC)c2ccccc21. The number of unbranched alkanes of at least 4 members (excludes halogenated alkanes) is 1. The van der Waals surface area contributed by atoms with Gasteiger partial charge in [-0.3, -0.25) is 9.59 Å². The van der Waals surface area contributed by atoms with Gasteiger partial charge in [0.1, 0.15) is 5.41 Å². The van der Waals surface area contributed by atoms with E-state index in [-0.39, 0.29) is 11.7 Å². The molecule has 0 radical (unpaired) electrons. The van der Waals surface area contributed by atoms with Gasteiger partial charge in [0.15, 0.2) is 5.78 Å². The summed E-state index contributed by atoms with van der Waals surface area (Å²) >= 11 is 0. The summed E-state index contributed by atoms with van der Waals surface area (Å²) in [5.74, 6) is -0.145. The minimum absolute atomic E-state index is 0.00161. The van der Waals surface area contributed by atoms with E-state index in [1.165, 1.54) is 0 Å². The number of rotatable bonds is 8. The van der Waals surface area contributed by atoms with E-state index in [0.29, 0.717) is 19.4 Å². The van der Waals surface area contributed by atoms with Gasteiger partial charge in [0.2, 0.25) is 5.91 Å². The fraction of sp³-hybridized carbons (Fsp3) is 0.368. The first-order valence-electron chi connectivity index (χ1n) is 7.80. The van der Waals surface area contributed by atoms with E-state index < -0.39 is 5.41 Å². The van der Waals surface area contributed by atoms with Crippen LogP contribution in [0, 0.1) is 0 Å². The molecule has 22 heavy (non-hydrogen) atoms. The topological polar surface area (TPSA) is 37.4 Å². The Labute approximate surface area is 132 Å². The van der Waals surface area contributed by atoms with E-state index >= 15 is 0 Å². The van der Waals surface area contributed by atoms with Crippen LogP contribution in [0.15, 0.2) is 49.6 Å². The van der Waals surface area contributed by atoms with Gasteiger partial charge < -0.3 is 4.90 Å². The van der Waals surface area contributed by atoms with Gasteiger partial charge in [-0.25, -0.2) is 0 Å². The van der Waals surface area contributed by atoms with Gasteiger partial charge >= 0.3 is 0 Å². The van der Waals surface area contributed by atoms with Crippen LogP contribution in [0.3, 0.4) is 0 Å². The highest BCUT2D eigenvalue weighted by Crippen LogP contribution is 2.45. The van der Waals surface area contributed by atoms with Gasteiger partial charge in [-0.05, 0) is 24.5 Å². The van der Waals surface area contributed by atoms with Crippen molar-refractivity contribution < 1.29 is 9.59 Å². The molecule has 3 nitrogen and oxygen atoms in total. The van der Waals surface area contributed by atoms with Crippen LogP contribution in [-0.2, 0) is 15.0 Å². The number of anilines is 1. The molecule has 1 aliphatic rings. The van der Waals surface area contributed by atoms with Crippen LogP contribution in [0.1, 0.15) is 38.2 Å². The van der Waals surface area contributed by atoms with Gasteiger partial charge in [-0.1, -0.05) is 43.7 Å². The number of ketones is 1. The average Bonchev–Trinajstić information content (AvgIpc) is 2.77. The number of hydrogen-bond donors (Lipinski definition) is 0. The molecule has 1 aromatic rings. The van der Waals surface area contributed by atoms with Gasteiger partial charge in [-0.15, -0.1) is 13.2 Å². The Bertz CT molecular complexity index is 605. The molecule has 1 aliphatic heterocycles. The van der Waals surface area contributed by atoms with Crippen LogP contribution < -0.4 is 4.90 Å². The first-order valence-corrected chi connectivity index (χ1v) is 7.80. The molecule has 2 rings (SSSR count). The van der Waals surface area contributed by atoms with Crippen molar-refractivity contribution in [3.63, 3.8) is 0 Å². The fourth-order valence-corrected chi connectivity index (χ4v) is 3.18. The zero-order chi connectivity index (χ0) is 16.2. The molecule has 3 heteroatoms. The number of para-hydroxylation sites is 1. The van der Waals surface area contributed by atoms with E-state index in [1.54, 1.807) is 17.1 Å². The molecule has 0 aromatic heterocycles. The van der Waals surface area contributed by atoms with E-state index in [2.05, 4.69) is 13.2 Å². The highest BCUT2D eigenvalue weighted by atomic mass is 16.2. The zero-order valence-electron chi connectivity index (χ0n) is 13.2. The third kappa shape index (κ3) is 2.41. The smallest absolute Gasteiger partial charge is 0.245 e. The molecule has 116 valence electrons. The number of fused-ring (bicyclic) bond motifs is 1. The number of hydrogen-bond acceptors (Lipinski definition) is 2. The predicted octanol–water partition coefficient (Wildman–Crippen LogP) is 3.79. The third-order valence-corrected chi connectivity index (χ3v) is 4.26. The summed E-state index contributed by atoms with van der Waals surface area (Å²) in [6.45, 7) is 9.94. The van der Waals surface area contributed by atoms with Gasteiger partial charge in [0.05, 0.1) is 0 Å². The van der Waals surface area contributed by atoms with Crippen LogP contribution >= 0.6 is 0 Å². The average molecular weight is 297 g/mol. The van der Waals surface area contributed by atoms with Gasteiger partial charge in [0, 0.05) is 18.7 Å². The van der Waals surface area contributed by atoms with Crippen LogP contribution in [0.25, 0.3) is 0 Å². The second kappa shape index (κ2) is 6.73. The summed E-state index contributed by atoms with van der Waals surface area (Å²) in [5, 5.41) is 0. The molecule has 1 atom stereocenters. The van der Waals surface area contributed by atoms with Crippen molar-refractivity contribution in [2.45, 2.75) is 38.0 Å². The largest absolute Gasteiger partial charge is 0.307 e. The van der Waals surface area contributed by atoms with Crippen LogP contribution in [-0.4, -0.2) is 18.2 Å². The van der Waals surface area contributed by atoms with Crippen LogP contribution in [0.5, 0.6) is 0 Å². The maximum atomic E-state index is 13.1. The quantitative estimate of drug-likeness (QED) is 0.541. The van der Waals surface area contributed by atoms with Crippen molar-refractivity contribution >= 4 is 17.4 Å². The number of nitrogens with zero attached hydrogens (tertiary/aromatic N) is 1. The van der Waals surface area contributed by atoms with Crippen molar-refractivity contribution in [2.24, 2.45) is 0 Å². The lowest BCUT2D eigenvalue weighted by atomic mass is 9.73. The lowest BCUT2D eigenvalue weighted by Gasteiger charge is -2.26. The molecule has 0 saturated carbocycles. The maximum Gasteiger partial charge on any atom is 0.245 e. The van der Waals surface area contributed by atoms with Crippen molar-refractivity contribution in [2.75, 3.05) is 11.4 Å². The fourth-order valence-electron chi connectivity index (χ4n) is 3.18. The number of Topliss-reactive ketones (excluding diaryl/α,β-unsaturated/α-hetero) is 1. The molecule has 1 heterocycles. The van der Waals surface area contributed by atoms with Gasteiger partial charge in [-0.2, -0.15) is 0 Å². The van der Waals surface area contributed by atoms with Crippen LogP contribution in [0.4, 0.5) is 5.69 Å². The summed E-state index contributed by atoms with van der Waals surface area (Å²) in [5.41, 5.74) is 0.526. The van der Waals surface area contributed by atoms with Crippen molar-refractivity contribution in [3.05, 3.63) is 55.1 Å². The number of carbonyl (C=O) groups excluding carboxylic acids is 2. The van der Waals surface area contributed by atoms with Crippen LogP contribution in [0.2, 0.25) is 0 Å². The Balaban J connectivity index is 2.57. The lowest BCUT2D eigenvalue weighted by molar-refractivity contribution is -0.134. The maximum absolute atomic E-state index is 13.1. The number of allylic oxidation sites excluding steroid dienone is 1. The molecule has 0 bridgehead atoms. The normalized spacial score (nSPS) is 19.9. The van der Waals surface area contributed by atoms with E-state index in [0.717, 1.165) is 24.1 Å². The Morgan fingerprint density at radius 2 is 2.00 bits per heavy atom. The summed E-state index contributed by atoms with van der Waals surface area (Å²) in [6.07, 6.45) is 5.87. The summed E-state index contributed by atoms with van der Waals surface area (Å²) in [7, 11) is 0. The van der Waals surface area contributed by atoms with Gasteiger partial charge in [0.25, 0.3) is 0 Å². The third-order valence-electron chi connectivity index (χ3n) is 4.26. The molecule has 0 N–H and O–H groups in total. The first-order chi connectivity index (χ1) is 10.6. The Kier molecular flexibility index (Phi) is 4.96. The van der Waals surface area contributed by atoms with E-state index in [4.69, 9.17) is 0 Å². The number of carbonyl (C=O) groups is 2. The summed E-state index contributed by atoms with van der Waals surface area (Å²) in [6, 6.07) is 7.56. The number of benzene rings is 1. The van der Waals surface area contributed by atoms with Crippen molar-refractivity contribution in [1.82, 2.24) is 0 Å². The molecule has 1 unspecified atom stereocenters. The summed E-state index contributed by atoms with van der Waals surface area (Å²) in [4.78, 5) is 27.7. The molecule has 1 amide bonds. The highest BCUT2D eigenvalue weighted by Gasteiger charge is 2.54. The zero-order valence-corrected chi connectivity index (χ0v) is 13.2.